The monoisotopic (exact) mass is 418 g/mol. The van der Waals surface area contributed by atoms with Crippen LogP contribution in [0.5, 0.6) is 0 Å². The summed E-state index contributed by atoms with van der Waals surface area (Å²) in [7, 11) is 1.03. The third-order valence-electron chi connectivity index (χ3n) is 5.61. The molecule has 12 nitrogen and oxygen atoms in total. The fraction of sp³-hybridized carbons (Fsp3) is 0.706. The number of aliphatic hydroxyl groups is 4. The largest absolute Gasteiger partial charge is 0.480 e. The van der Waals surface area contributed by atoms with E-state index in [4.69, 9.17) is 14.2 Å². The highest BCUT2D eigenvalue weighted by Gasteiger charge is 2.66. The van der Waals surface area contributed by atoms with Crippen LogP contribution in [0.2, 0.25) is 0 Å². The lowest BCUT2D eigenvalue weighted by atomic mass is 9.70. The van der Waals surface area contributed by atoms with Gasteiger partial charge in [-0.3, -0.25) is 9.59 Å². The van der Waals surface area contributed by atoms with Crippen LogP contribution < -0.4 is 0 Å². The Kier molecular flexibility index (Phi) is 5.94. The molecule has 8 atom stereocenters. The number of carbonyl (C=O) groups is 3. The molecule has 0 aromatic carbocycles. The molecule has 0 amide bonds. The lowest BCUT2D eigenvalue weighted by Gasteiger charge is -2.43. The van der Waals surface area contributed by atoms with E-state index >= 15 is 0 Å². The van der Waals surface area contributed by atoms with Gasteiger partial charge in [-0.25, -0.2) is 4.79 Å². The van der Waals surface area contributed by atoms with E-state index in [1.54, 1.807) is 0 Å². The summed E-state index contributed by atoms with van der Waals surface area (Å²) in [6.07, 6.45) is -8.77. The van der Waals surface area contributed by atoms with E-state index in [0.717, 1.165) is 13.4 Å². The number of ether oxygens (including phenoxy) is 4. The van der Waals surface area contributed by atoms with Crippen molar-refractivity contribution in [2.45, 2.75) is 49.8 Å². The van der Waals surface area contributed by atoms with E-state index in [0.29, 0.717) is 0 Å². The predicted molar refractivity (Wildman–Crippen MR) is 87.6 cm³/mol. The second-order valence-corrected chi connectivity index (χ2v) is 7.04. The first-order valence-electron chi connectivity index (χ1n) is 8.87. The molecule has 0 bridgehead atoms. The smallest absolute Gasteiger partial charge is 0.338 e. The van der Waals surface area contributed by atoms with Gasteiger partial charge < -0.3 is 44.5 Å². The molecule has 2 heterocycles. The number of Topliss-reactive ketones (excluding diaryl/α,β-unsaturated/α-hetero) is 1. The van der Waals surface area contributed by atoms with Crippen molar-refractivity contribution in [2.75, 3.05) is 13.7 Å². The Hall–Kier alpha value is -2.09. The summed E-state index contributed by atoms with van der Waals surface area (Å²) in [6, 6.07) is 0. The number of rotatable bonds is 5. The minimum Gasteiger partial charge on any atom is -0.480 e. The molecule has 2 fully saturated rings. The number of fused-ring (bicyclic) bond motifs is 1. The van der Waals surface area contributed by atoms with Crippen LogP contribution >= 0.6 is 0 Å². The Balaban J connectivity index is 1.92. The molecule has 0 unspecified atom stereocenters. The Morgan fingerprint density at radius 3 is 2.48 bits per heavy atom. The molecule has 1 saturated heterocycles. The Morgan fingerprint density at radius 2 is 1.90 bits per heavy atom. The summed E-state index contributed by atoms with van der Waals surface area (Å²) in [5.41, 5.74) is -2.74. The first kappa shape index (κ1) is 21.6. The highest BCUT2D eigenvalue weighted by molar-refractivity contribution is 6.15. The predicted octanol–water partition coefficient (Wildman–Crippen LogP) is -2.73. The molecular weight excluding hydrogens is 396 g/mol. The summed E-state index contributed by atoms with van der Waals surface area (Å²) in [5, 5.41) is 49.0. The van der Waals surface area contributed by atoms with Gasteiger partial charge in [-0.05, 0) is 6.42 Å². The van der Waals surface area contributed by atoms with Crippen molar-refractivity contribution in [1.82, 2.24) is 0 Å². The SMILES string of the molecule is COC(=O)C1=CO[C@@H](O[C@@H]2O[C@H](CO)[C@@H](O)[C@H](O)[C@H]2O)[C@@H]2CCC(=O)[C@]12C(=O)O. The number of carbonyl (C=O) groups excluding carboxylic acids is 2. The molecule has 0 aromatic rings. The number of esters is 1. The van der Waals surface area contributed by atoms with Crippen molar-refractivity contribution in [3.8, 4) is 0 Å². The lowest BCUT2D eigenvalue weighted by molar-refractivity contribution is -0.342. The fourth-order valence-corrected chi connectivity index (χ4v) is 4.07. The highest BCUT2D eigenvalue weighted by Crippen LogP contribution is 2.52. The Morgan fingerprint density at radius 1 is 1.21 bits per heavy atom. The van der Waals surface area contributed by atoms with Crippen LogP contribution in [0.25, 0.3) is 0 Å². The zero-order chi connectivity index (χ0) is 21.5. The Bertz CT molecular complexity index is 717. The van der Waals surface area contributed by atoms with E-state index in [2.05, 4.69) is 4.74 Å². The third-order valence-corrected chi connectivity index (χ3v) is 5.61. The molecule has 0 spiro atoms. The van der Waals surface area contributed by atoms with Crippen molar-refractivity contribution in [3.63, 3.8) is 0 Å². The van der Waals surface area contributed by atoms with Gasteiger partial charge in [0, 0.05) is 12.3 Å². The van der Waals surface area contributed by atoms with E-state index in [-0.39, 0.29) is 12.8 Å². The average molecular weight is 418 g/mol. The van der Waals surface area contributed by atoms with Gasteiger partial charge in [0.25, 0.3) is 0 Å². The quantitative estimate of drug-likeness (QED) is 0.229. The zero-order valence-electron chi connectivity index (χ0n) is 15.3. The van der Waals surface area contributed by atoms with E-state index in [9.17, 15) is 39.9 Å². The normalized spacial score (nSPS) is 41.9. The van der Waals surface area contributed by atoms with Crippen molar-refractivity contribution >= 4 is 17.7 Å². The van der Waals surface area contributed by atoms with E-state index in [1.165, 1.54) is 0 Å². The maximum absolute atomic E-state index is 12.6. The standard InChI is InChI=1S/C17H22O12/c1-26-13(23)7-5-27-14(6-2-3-9(19)17(6,7)16(24)25)29-15-12(22)11(21)10(20)8(4-18)28-15/h5-6,8,10-12,14-15,18,20-22H,2-4H2,1H3,(H,24,25)/t6-,8+,10+,11-,12+,14-,15-,17+/m0/s1. The Labute approximate surface area is 164 Å². The number of carboxylic acids is 1. The molecular formula is C17H22O12. The van der Waals surface area contributed by atoms with Crippen LogP contribution in [0.15, 0.2) is 11.8 Å². The molecule has 1 saturated carbocycles. The van der Waals surface area contributed by atoms with Crippen molar-refractivity contribution in [2.24, 2.45) is 11.3 Å². The van der Waals surface area contributed by atoms with Gasteiger partial charge in [0.15, 0.2) is 17.5 Å². The molecule has 0 aromatic heterocycles. The molecule has 0 radical (unpaired) electrons. The summed E-state index contributed by atoms with van der Waals surface area (Å²) in [6.45, 7) is -0.691. The van der Waals surface area contributed by atoms with Crippen LogP contribution in [0, 0.1) is 11.3 Å². The number of methoxy groups -OCH3 is 1. The van der Waals surface area contributed by atoms with Gasteiger partial charge in [-0.1, -0.05) is 0 Å². The minimum atomic E-state index is -2.26. The van der Waals surface area contributed by atoms with Crippen LogP contribution in [0.3, 0.4) is 0 Å². The maximum Gasteiger partial charge on any atom is 0.338 e. The number of carboxylic acid groups (broad SMARTS) is 1. The first-order valence-corrected chi connectivity index (χ1v) is 8.87. The van der Waals surface area contributed by atoms with Gasteiger partial charge in [-0.15, -0.1) is 0 Å². The minimum absolute atomic E-state index is 0.00154. The molecule has 3 rings (SSSR count). The van der Waals surface area contributed by atoms with E-state index < -0.39 is 78.2 Å². The van der Waals surface area contributed by atoms with Gasteiger partial charge in [-0.2, -0.15) is 0 Å². The van der Waals surface area contributed by atoms with Crippen molar-refractivity contribution in [3.05, 3.63) is 11.8 Å². The fourth-order valence-electron chi connectivity index (χ4n) is 4.07. The molecule has 162 valence electrons. The lowest BCUT2D eigenvalue weighted by Crippen LogP contribution is -2.61. The van der Waals surface area contributed by atoms with Crippen LogP contribution in [-0.4, -0.2) is 94.0 Å². The highest BCUT2D eigenvalue weighted by atomic mass is 16.8. The molecule has 5 N–H and O–H groups in total. The molecule has 12 heteroatoms. The molecule has 1 aliphatic carbocycles. The molecule has 3 aliphatic rings. The summed E-state index contributed by atoms with van der Waals surface area (Å²) < 4.78 is 20.7. The maximum atomic E-state index is 12.6. The third kappa shape index (κ3) is 3.21. The van der Waals surface area contributed by atoms with Gasteiger partial charge >= 0.3 is 11.9 Å². The number of aliphatic carboxylic acids is 1. The number of ketones is 1. The number of aliphatic hydroxyl groups excluding tert-OH is 4. The first-order chi connectivity index (χ1) is 13.7. The zero-order valence-corrected chi connectivity index (χ0v) is 15.3. The van der Waals surface area contributed by atoms with Gasteiger partial charge in [0.05, 0.1) is 25.6 Å². The second kappa shape index (κ2) is 7.97. The summed E-state index contributed by atoms with van der Waals surface area (Å²) in [5.74, 6) is -4.50. The number of hydrogen-bond donors (Lipinski definition) is 5. The van der Waals surface area contributed by atoms with Gasteiger partial charge in [0.1, 0.15) is 24.4 Å². The van der Waals surface area contributed by atoms with E-state index in [1.807, 2.05) is 0 Å². The average Bonchev–Trinajstić information content (AvgIpc) is 3.06. The summed E-state index contributed by atoms with van der Waals surface area (Å²) in [4.78, 5) is 36.8. The van der Waals surface area contributed by atoms with Crippen LogP contribution in [-0.2, 0) is 33.3 Å². The van der Waals surface area contributed by atoms with Gasteiger partial charge in [0.2, 0.25) is 6.29 Å². The topological polar surface area (TPSA) is 189 Å². The van der Waals surface area contributed by atoms with Crippen molar-refractivity contribution in [1.29, 1.82) is 0 Å². The van der Waals surface area contributed by atoms with Crippen LogP contribution in [0.4, 0.5) is 0 Å². The second-order valence-electron chi connectivity index (χ2n) is 7.04. The molecule has 29 heavy (non-hydrogen) atoms. The number of hydrogen-bond acceptors (Lipinski definition) is 11. The van der Waals surface area contributed by atoms with Crippen LogP contribution in [0.1, 0.15) is 12.8 Å². The van der Waals surface area contributed by atoms with Crippen molar-refractivity contribution < 1.29 is 58.9 Å². The molecule has 2 aliphatic heterocycles. The summed E-state index contributed by atoms with van der Waals surface area (Å²) >= 11 is 0.